The molecule has 2 fully saturated rings. The van der Waals surface area contributed by atoms with E-state index < -0.39 is 23.1 Å². The fourth-order valence-electron chi connectivity index (χ4n) is 6.17. The van der Waals surface area contributed by atoms with Gasteiger partial charge in [-0.2, -0.15) is 0 Å². The van der Waals surface area contributed by atoms with E-state index in [1.165, 1.54) is 24.0 Å². The summed E-state index contributed by atoms with van der Waals surface area (Å²) < 4.78 is 11.6. The summed E-state index contributed by atoms with van der Waals surface area (Å²) >= 11 is 0. The highest BCUT2D eigenvalue weighted by Crippen LogP contribution is 2.64. The summed E-state index contributed by atoms with van der Waals surface area (Å²) in [5, 5.41) is 20.1. The molecule has 2 N–H and O–H groups in total. The number of methoxy groups -OCH3 is 1. The first kappa shape index (κ1) is 20.9. The van der Waals surface area contributed by atoms with E-state index >= 15 is 0 Å². The number of hydrogen-bond donors (Lipinski definition) is 2. The van der Waals surface area contributed by atoms with Gasteiger partial charge in [-0.05, 0) is 56.6 Å². The van der Waals surface area contributed by atoms with Crippen molar-refractivity contribution in [3.8, 4) is 11.5 Å². The van der Waals surface area contributed by atoms with E-state index in [2.05, 4.69) is 23.0 Å². The standard InChI is InChI=1S/C18H21NO4.C6H5NO2/c1-19-8-7-17-14-10-3-4-12(22-2)15(14)23-16(17)11(20)5-6-18(17,21)13(19)9-10;8-6(9)5-2-1-3-7-4-5/h3-4,13,16,21H,5-9H2,1-2H3;1-4H,(H,8,9)/t13-,16+,17+,18-;/m1./s1. The van der Waals surface area contributed by atoms with Gasteiger partial charge in [0.05, 0.1) is 23.7 Å². The highest BCUT2D eigenvalue weighted by molar-refractivity contribution is 5.90. The van der Waals surface area contributed by atoms with Crippen LogP contribution in [0.25, 0.3) is 0 Å². The third kappa shape index (κ3) is 2.66. The molecule has 8 nitrogen and oxygen atoms in total. The predicted octanol–water partition coefficient (Wildman–Crippen LogP) is 1.83. The predicted molar refractivity (Wildman–Crippen MR) is 114 cm³/mol. The Kier molecular flexibility index (Phi) is 4.76. The van der Waals surface area contributed by atoms with Gasteiger partial charge in [0.1, 0.15) is 0 Å². The van der Waals surface area contributed by atoms with Gasteiger partial charge in [0.15, 0.2) is 23.4 Å². The van der Waals surface area contributed by atoms with Crippen molar-refractivity contribution in [2.45, 2.75) is 48.8 Å². The maximum Gasteiger partial charge on any atom is 0.337 e. The van der Waals surface area contributed by atoms with Crippen molar-refractivity contribution in [2.75, 3.05) is 20.7 Å². The minimum atomic E-state index is -0.942. The van der Waals surface area contributed by atoms with E-state index in [4.69, 9.17) is 14.6 Å². The molecule has 0 unspecified atom stereocenters. The van der Waals surface area contributed by atoms with Crippen molar-refractivity contribution < 1.29 is 29.3 Å². The molecule has 3 heterocycles. The monoisotopic (exact) mass is 438 g/mol. The van der Waals surface area contributed by atoms with Crippen LogP contribution in [0.5, 0.6) is 11.5 Å². The number of rotatable bonds is 2. The first-order chi connectivity index (χ1) is 15.3. The Morgan fingerprint density at radius 3 is 2.78 bits per heavy atom. The summed E-state index contributed by atoms with van der Waals surface area (Å²) in [6.45, 7) is 0.871. The lowest BCUT2D eigenvalue weighted by Gasteiger charge is -2.62. The van der Waals surface area contributed by atoms with Crippen molar-refractivity contribution in [1.29, 1.82) is 0 Å². The summed E-state index contributed by atoms with van der Waals surface area (Å²) in [5.74, 6) is 0.527. The number of nitrogens with zero attached hydrogens (tertiary/aromatic N) is 2. The van der Waals surface area contributed by atoms with Crippen molar-refractivity contribution in [1.82, 2.24) is 9.88 Å². The number of aromatic carboxylic acids is 1. The van der Waals surface area contributed by atoms with Gasteiger partial charge in [-0.3, -0.25) is 9.78 Å². The van der Waals surface area contributed by atoms with Crippen LogP contribution >= 0.6 is 0 Å². The third-order valence-electron chi connectivity index (χ3n) is 7.64. The largest absolute Gasteiger partial charge is 0.493 e. The average Bonchev–Trinajstić information content (AvgIpc) is 3.16. The van der Waals surface area contributed by atoms with Crippen molar-refractivity contribution in [2.24, 2.45) is 0 Å². The first-order valence-corrected chi connectivity index (χ1v) is 10.8. The van der Waals surface area contributed by atoms with E-state index in [1.54, 1.807) is 13.2 Å². The number of carboxylic acids is 1. The van der Waals surface area contributed by atoms with Gasteiger partial charge in [0.2, 0.25) is 0 Å². The molecule has 0 radical (unpaired) electrons. The van der Waals surface area contributed by atoms with Crippen molar-refractivity contribution in [3.05, 3.63) is 53.3 Å². The number of piperidine rings is 1. The van der Waals surface area contributed by atoms with E-state index in [0.29, 0.717) is 24.3 Å². The van der Waals surface area contributed by atoms with Crippen LogP contribution in [0.1, 0.15) is 40.7 Å². The number of likely N-dealkylation sites (N-methyl/N-ethyl adjacent to an activating group) is 1. The van der Waals surface area contributed by atoms with Crippen LogP contribution in [0.4, 0.5) is 0 Å². The Balaban J connectivity index is 0.000000203. The fourth-order valence-corrected chi connectivity index (χ4v) is 6.17. The van der Waals surface area contributed by atoms with Crippen LogP contribution in [0, 0.1) is 0 Å². The maximum atomic E-state index is 12.7. The number of ketones is 1. The third-order valence-corrected chi connectivity index (χ3v) is 7.64. The molecule has 4 aliphatic rings. The summed E-state index contributed by atoms with van der Waals surface area (Å²) in [6.07, 6.45) is 4.73. The maximum absolute atomic E-state index is 12.7. The Bertz CT molecular complexity index is 1090. The number of carboxylic acid groups (broad SMARTS) is 1. The van der Waals surface area contributed by atoms with E-state index in [1.807, 2.05) is 6.07 Å². The topological polar surface area (TPSA) is 109 Å². The fraction of sp³-hybridized carbons (Fsp3) is 0.458. The Morgan fingerprint density at radius 1 is 1.31 bits per heavy atom. The summed E-state index contributed by atoms with van der Waals surface area (Å²) in [7, 11) is 3.70. The number of hydrogen-bond acceptors (Lipinski definition) is 7. The molecule has 168 valence electrons. The number of pyridine rings is 1. The van der Waals surface area contributed by atoms with Gasteiger partial charge >= 0.3 is 5.97 Å². The first-order valence-electron chi connectivity index (χ1n) is 10.8. The number of likely N-dealkylation sites (tertiary alicyclic amines) is 1. The highest BCUT2D eigenvalue weighted by Gasteiger charge is 2.72. The number of Topliss-reactive ketones (excluding diaryl/α,β-unsaturated/α-hetero) is 1. The number of aromatic nitrogens is 1. The summed E-state index contributed by atoms with van der Waals surface area (Å²) in [5.41, 5.74) is 0.957. The molecule has 1 spiro atoms. The molecule has 1 aromatic carbocycles. The molecule has 1 aromatic heterocycles. The molecule has 2 bridgehead atoms. The second-order valence-electron chi connectivity index (χ2n) is 8.99. The van der Waals surface area contributed by atoms with Crippen LogP contribution in [0.2, 0.25) is 0 Å². The zero-order valence-electron chi connectivity index (χ0n) is 18.1. The SMILES string of the molecule is COc1ccc2c3c1O[C@H]1C(=O)CC[C@@]4(O)[C@@H](C2)N(C)CC[C@]314.O=C(O)c1cccnc1. The smallest absolute Gasteiger partial charge is 0.337 e. The van der Waals surface area contributed by atoms with Gasteiger partial charge in [-0.25, -0.2) is 4.79 Å². The van der Waals surface area contributed by atoms with Crippen LogP contribution in [0.3, 0.4) is 0 Å². The quantitative estimate of drug-likeness (QED) is 0.731. The molecule has 2 aliphatic heterocycles. The van der Waals surface area contributed by atoms with Crippen LogP contribution < -0.4 is 9.47 Å². The lowest BCUT2D eigenvalue weighted by molar-refractivity contribution is -0.185. The lowest BCUT2D eigenvalue weighted by Crippen LogP contribution is -2.76. The van der Waals surface area contributed by atoms with Crippen LogP contribution in [-0.4, -0.2) is 70.3 Å². The molecular formula is C24H26N2O6. The molecular weight excluding hydrogens is 412 g/mol. The van der Waals surface area contributed by atoms with Gasteiger partial charge in [0.25, 0.3) is 0 Å². The van der Waals surface area contributed by atoms with Crippen molar-refractivity contribution >= 4 is 11.8 Å². The molecule has 6 rings (SSSR count). The van der Waals surface area contributed by atoms with Crippen LogP contribution in [-0.2, 0) is 16.6 Å². The van der Waals surface area contributed by atoms with Gasteiger partial charge in [-0.15, -0.1) is 0 Å². The number of aliphatic hydroxyl groups is 1. The highest BCUT2D eigenvalue weighted by atomic mass is 16.5. The molecule has 0 amide bonds. The van der Waals surface area contributed by atoms with E-state index in [-0.39, 0.29) is 17.4 Å². The number of carbonyl (C=O) groups is 2. The minimum Gasteiger partial charge on any atom is -0.493 e. The number of benzene rings is 1. The molecule has 4 atom stereocenters. The Morgan fingerprint density at radius 2 is 2.12 bits per heavy atom. The van der Waals surface area contributed by atoms with Crippen molar-refractivity contribution in [3.63, 3.8) is 0 Å². The normalized spacial score (nSPS) is 31.7. The number of carbonyl (C=O) groups excluding carboxylic acids is 1. The molecule has 1 saturated heterocycles. The average molecular weight is 438 g/mol. The van der Waals surface area contributed by atoms with Gasteiger partial charge in [-0.1, -0.05) is 6.07 Å². The second-order valence-corrected chi connectivity index (χ2v) is 8.99. The zero-order chi connectivity index (χ0) is 22.7. The zero-order valence-corrected chi connectivity index (χ0v) is 18.1. The van der Waals surface area contributed by atoms with Gasteiger partial charge in [0, 0.05) is 30.4 Å². The number of ether oxygens (including phenoxy) is 2. The van der Waals surface area contributed by atoms with E-state index in [9.17, 15) is 14.7 Å². The lowest BCUT2D eigenvalue weighted by atomic mass is 9.49. The molecule has 1 saturated carbocycles. The molecule has 2 aromatic rings. The minimum absolute atomic E-state index is 0.0438. The Labute approximate surface area is 185 Å². The summed E-state index contributed by atoms with van der Waals surface area (Å²) in [6, 6.07) is 7.13. The second kappa shape index (κ2) is 7.28. The molecule has 2 aliphatic carbocycles. The van der Waals surface area contributed by atoms with E-state index in [0.717, 1.165) is 24.9 Å². The van der Waals surface area contributed by atoms with Crippen LogP contribution in [0.15, 0.2) is 36.7 Å². The van der Waals surface area contributed by atoms with Gasteiger partial charge < -0.3 is 24.6 Å². The Hall–Kier alpha value is -2.97. The molecule has 32 heavy (non-hydrogen) atoms. The molecule has 8 heteroatoms. The summed E-state index contributed by atoms with van der Waals surface area (Å²) in [4.78, 5) is 28.7.